The van der Waals surface area contributed by atoms with Crippen molar-refractivity contribution in [2.24, 2.45) is 0 Å². The molecule has 2 aromatic rings. The van der Waals surface area contributed by atoms with E-state index < -0.39 is 15.8 Å². The van der Waals surface area contributed by atoms with Crippen LogP contribution in [0.3, 0.4) is 0 Å². The van der Waals surface area contributed by atoms with Crippen LogP contribution in [0.25, 0.3) is 0 Å². The molecule has 0 spiro atoms. The summed E-state index contributed by atoms with van der Waals surface area (Å²) in [4.78, 5) is 7.68. The third-order valence-corrected chi connectivity index (χ3v) is 3.86. The van der Waals surface area contributed by atoms with Crippen molar-refractivity contribution in [2.45, 2.75) is 5.75 Å². The lowest BCUT2D eigenvalue weighted by Gasteiger charge is -2.11. The Morgan fingerprint density at radius 1 is 1.27 bits per heavy atom. The van der Waals surface area contributed by atoms with E-state index in [1.807, 2.05) is 0 Å². The molecule has 9 heteroatoms. The zero-order valence-corrected chi connectivity index (χ0v) is 12.7. The molecule has 0 aliphatic heterocycles. The maximum atomic E-state index is 13.1. The first-order valence-electron chi connectivity index (χ1n) is 6.13. The normalized spacial score (nSPS) is 11.0. The molecule has 0 amide bonds. The van der Waals surface area contributed by atoms with Crippen LogP contribution in [0.5, 0.6) is 11.9 Å². The van der Waals surface area contributed by atoms with Crippen molar-refractivity contribution in [2.75, 3.05) is 18.9 Å². The lowest BCUT2D eigenvalue weighted by atomic mass is 10.2. The summed E-state index contributed by atoms with van der Waals surface area (Å²) in [6.07, 6.45) is 1.23. The Morgan fingerprint density at radius 3 is 2.68 bits per heavy atom. The summed E-state index contributed by atoms with van der Waals surface area (Å²) in [6, 6.07) is 5.40. The van der Waals surface area contributed by atoms with Gasteiger partial charge in [0.05, 0.1) is 26.2 Å². The number of benzene rings is 1. The van der Waals surface area contributed by atoms with Crippen molar-refractivity contribution in [1.82, 2.24) is 9.97 Å². The highest BCUT2D eigenvalue weighted by atomic mass is 32.2. The van der Waals surface area contributed by atoms with E-state index in [0.717, 1.165) is 6.07 Å². The predicted molar refractivity (Wildman–Crippen MR) is 77.8 cm³/mol. The number of hydrogen-bond donors (Lipinski definition) is 1. The minimum absolute atomic E-state index is 0.0228. The molecule has 7 nitrogen and oxygen atoms in total. The van der Waals surface area contributed by atoms with E-state index in [2.05, 4.69) is 14.7 Å². The summed E-state index contributed by atoms with van der Waals surface area (Å²) < 4.78 is 49.5. The number of anilines is 1. The Hall–Kier alpha value is -2.42. The fourth-order valence-electron chi connectivity index (χ4n) is 1.72. The van der Waals surface area contributed by atoms with Crippen molar-refractivity contribution in [3.63, 3.8) is 0 Å². The van der Waals surface area contributed by atoms with Gasteiger partial charge in [-0.25, -0.2) is 17.8 Å². The zero-order valence-electron chi connectivity index (χ0n) is 11.9. The number of rotatable bonds is 6. The van der Waals surface area contributed by atoms with Crippen molar-refractivity contribution in [1.29, 1.82) is 0 Å². The molecule has 0 saturated heterocycles. The molecule has 0 saturated carbocycles. The number of methoxy groups -OCH3 is 2. The van der Waals surface area contributed by atoms with Crippen LogP contribution in [0.2, 0.25) is 0 Å². The maximum absolute atomic E-state index is 13.1. The lowest BCUT2D eigenvalue weighted by Crippen LogP contribution is -2.16. The van der Waals surface area contributed by atoms with Gasteiger partial charge in [-0.3, -0.25) is 4.72 Å². The number of aromatic nitrogens is 2. The largest absolute Gasteiger partial charge is 0.479 e. The average Bonchev–Trinajstić information content (AvgIpc) is 2.46. The molecule has 0 aliphatic carbocycles. The first-order valence-corrected chi connectivity index (χ1v) is 7.78. The van der Waals surface area contributed by atoms with Gasteiger partial charge in [-0.1, -0.05) is 12.1 Å². The van der Waals surface area contributed by atoms with Crippen LogP contribution in [0.4, 0.5) is 10.1 Å². The minimum atomic E-state index is -3.77. The quantitative estimate of drug-likeness (QED) is 0.866. The molecule has 1 aromatic heterocycles. The summed E-state index contributed by atoms with van der Waals surface area (Å²) in [7, 11) is -1.06. The van der Waals surface area contributed by atoms with Crippen LogP contribution in [-0.2, 0) is 15.8 Å². The monoisotopic (exact) mass is 327 g/mol. The SMILES string of the molecule is COc1ncc(NS(=O)(=O)Cc2cccc(F)c2)c(OC)n1. The van der Waals surface area contributed by atoms with E-state index in [1.54, 1.807) is 0 Å². The molecule has 0 unspecified atom stereocenters. The molecule has 1 aromatic carbocycles. The van der Waals surface area contributed by atoms with E-state index in [0.29, 0.717) is 5.56 Å². The Bertz CT molecular complexity index is 768. The minimum Gasteiger partial charge on any atom is -0.479 e. The van der Waals surface area contributed by atoms with Crippen molar-refractivity contribution < 1.29 is 22.3 Å². The van der Waals surface area contributed by atoms with Gasteiger partial charge in [-0.2, -0.15) is 4.98 Å². The number of nitrogens with one attached hydrogen (secondary N) is 1. The van der Waals surface area contributed by atoms with Gasteiger partial charge < -0.3 is 9.47 Å². The van der Waals surface area contributed by atoms with Crippen LogP contribution in [-0.4, -0.2) is 32.6 Å². The zero-order chi connectivity index (χ0) is 16.2. The molecule has 118 valence electrons. The molecule has 2 rings (SSSR count). The molecular weight excluding hydrogens is 313 g/mol. The number of ether oxygens (including phenoxy) is 2. The molecule has 0 aliphatic rings. The van der Waals surface area contributed by atoms with E-state index in [9.17, 15) is 12.8 Å². The lowest BCUT2D eigenvalue weighted by molar-refractivity contribution is 0.353. The van der Waals surface area contributed by atoms with E-state index in [4.69, 9.17) is 9.47 Å². The Kier molecular flexibility index (Phi) is 4.76. The summed E-state index contributed by atoms with van der Waals surface area (Å²) in [6.45, 7) is 0. The van der Waals surface area contributed by atoms with Gasteiger partial charge in [0, 0.05) is 0 Å². The van der Waals surface area contributed by atoms with E-state index in [1.165, 1.54) is 38.6 Å². The van der Waals surface area contributed by atoms with Crippen molar-refractivity contribution >= 4 is 15.7 Å². The fourth-order valence-corrected chi connectivity index (χ4v) is 2.89. The van der Waals surface area contributed by atoms with Gasteiger partial charge in [0.1, 0.15) is 11.5 Å². The van der Waals surface area contributed by atoms with Crippen molar-refractivity contribution in [3.8, 4) is 11.9 Å². The Labute approximate surface area is 127 Å². The summed E-state index contributed by atoms with van der Waals surface area (Å²) in [5.41, 5.74) is 0.389. The highest BCUT2D eigenvalue weighted by Gasteiger charge is 2.17. The van der Waals surface area contributed by atoms with Gasteiger partial charge in [-0.15, -0.1) is 0 Å². The second-order valence-electron chi connectivity index (χ2n) is 4.27. The van der Waals surface area contributed by atoms with Gasteiger partial charge in [0.25, 0.3) is 0 Å². The second kappa shape index (κ2) is 6.56. The van der Waals surface area contributed by atoms with Gasteiger partial charge in [0.2, 0.25) is 15.9 Å². The van der Waals surface area contributed by atoms with Crippen LogP contribution in [0, 0.1) is 5.82 Å². The van der Waals surface area contributed by atoms with Crippen LogP contribution in [0.15, 0.2) is 30.5 Å². The third-order valence-electron chi connectivity index (χ3n) is 2.62. The average molecular weight is 327 g/mol. The summed E-state index contributed by atoms with van der Waals surface area (Å²) in [5.74, 6) is -0.868. The highest BCUT2D eigenvalue weighted by Crippen LogP contribution is 2.24. The molecule has 0 radical (unpaired) electrons. The van der Waals surface area contributed by atoms with Gasteiger partial charge >= 0.3 is 6.01 Å². The second-order valence-corrected chi connectivity index (χ2v) is 5.99. The first-order chi connectivity index (χ1) is 10.4. The maximum Gasteiger partial charge on any atom is 0.319 e. The standard InChI is InChI=1S/C13H14FN3O4S/c1-20-12-11(7-15-13(16-12)21-2)17-22(18,19)8-9-4-3-5-10(14)6-9/h3-7,17H,8H2,1-2H3. The molecule has 22 heavy (non-hydrogen) atoms. The smallest absolute Gasteiger partial charge is 0.319 e. The Balaban J connectivity index is 2.21. The number of hydrogen-bond acceptors (Lipinski definition) is 6. The molecule has 1 N–H and O–H groups in total. The third kappa shape index (κ3) is 4.04. The van der Waals surface area contributed by atoms with Crippen LogP contribution >= 0.6 is 0 Å². The molecule has 0 fully saturated rings. The molecular formula is C13H14FN3O4S. The number of nitrogens with zero attached hydrogens (tertiary/aromatic N) is 2. The van der Waals surface area contributed by atoms with E-state index in [-0.39, 0.29) is 23.3 Å². The number of halogens is 1. The molecule has 0 atom stereocenters. The van der Waals surface area contributed by atoms with E-state index >= 15 is 0 Å². The molecule has 1 heterocycles. The van der Waals surface area contributed by atoms with Crippen LogP contribution in [0.1, 0.15) is 5.56 Å². The van der Waals surface area contributed by atoms with Gasteiger partial charge in [0.15, 0.2) is 0 Å². The van der Waals surface area contributed by atoms with Crippen molar-refractivity contribution in [3.05, 3.63) is 41.8 Å². The first kappa shape index (κ1) is 16.0. The molecule has 0 bridgehead atoms. The number of sulfonamides is 1. The summed E-state index contributed by atoms with van der Waals surface area (Å²) in [5, 5.41) is 0. The topological polar surface area (TPSA) is 90.4 Å². The van der Waals surface area contributed by atoms with Crippen LogP contribution < -0.4 is 14.2 Å². The Morgan fingerprint density at radius 2 is 2.05 bits per heavy atom. The fraction of sp³-hybridized carbons (Fsp3) is 0.231. The van der Waals surface area contributed by atoms with Gasteiger partial charge in [-0.05, 0) is 17.7 Å². The summed E-state index contributed by atoms with van der Waals surface area (Å²) >= 11 is 0. The highest BCUT2D eigenvalue weighted by molar-refractivity contribution is 7.91. The predicted octanol–water partition coefficient (Wildman–Crippen LogP) is 1.57.